The Labute approximate surface area is 150 Å². The molecule has 1 heterocycles. The van der Waals surface area contributed by atoms with E-state index in [9.17, 15) is 4.79 Å². The molecule has 1 saturated heterocycles. The van der Waals surface area contributed by atoms with Gasteiger partial charge in [0.2, 0.25) is 0 Å². The summed E-state index contributed by atoms with van der Waals surface area (Å²) in [7, 11) is 0. The molecule has 2 bridgehead atoms. The molecular formula is C23H27NO. The Morgan fingerprint density at radius 3 is 1.64 bits per heavy atom. The van der Waals surface area contributed by atoms with Gasteiger partial charge in [-0.1, -0.05) is 61.4 Å². The molecule has 0 amide bonds. The van der Waals surface area contributed by atoms with Crippen molar-refractivity contribution in [3.63, 3.8) is 0 Å². The topological polar surface area (TPSA) is 29.1 Å². The largest absolute Gasteiger partial charge is 0.302 e. The number of hydrogen-bond donors (Lipinski definition) is 1. The Kier molecular flexibility index (Phi) is 4.47. The Morgan fingerprint density at radius 1 is 0.760 bits per heavy atom. The van der Waals surface area contributed by atoms with Gasteiger partial charge in [-0.3, -0.25) is 4.79 Å². The summed E-state index contributed by atoms with van der Waals surface area (Å²) in [6.07, 6.45) is 4.36. The van der Waals surface area contributed by atoms with Crippen molar-refractivity contribution in [1.82, 2.24) is 5.32 Å². The van der Waals surface area contributed by atoms with Crippen LogP contribution < -0.4 is 5.32 Å². The highest BCUT2D eigenvalue weighted by Gasteiger charge is 2.45. The van der Waals surface area contributed by atoms with Crippen LogP contribution in [0.5, 0.6) is 0 Å². The lowest BCUT2D eigenvalue weighted by Gasteiger charge is -2.41. The number of ketones is 1. The van der Waals surface area contributed by atoms with Gasteiger partial charge in [0, 0.05) is 23.9 Å². The summed E-state index contributed by atoms with van der Waals surface area (Å²) in [6, 6.07) is 17.3. The molecule has 2 aromatic carbocycles. The van der Waals surface area contributed by atoms with E-state index in [4.69, 9.17) is 0 Å². The molecule has 4 atom stereocenters. The second-order valence-corrected chi connectivity index (χ2v) is 7.73. The van der Waals surface area contributed by atoms with Crippen LogP contribution in [-0.4, -0.2) is 5.78 Å². The average Bonchev–Trinajstić information content (AvgIpc) is 2.74. The first-order valence-electron chi connectivity index (χ1n) is 9.57. The van der Waals surface area contributed by atoms with Crippen LogP contribution in [0.25, 0.3) is 0 Å². The van der Waals surface area contributed by atoms with Crippen molar-refractivity contribution in [2.45, 2.75) is 51.6 Å². The highest BCUT2D eigenvalue weighted by atomic mass is 16.1. The van der Waals surface area contributed by atoms with Gasteiger partial charge in [0.05, 0.1) is 0 Å². The number of nitrogens with one attached hydrogen (secondary N) is 1. The molecule has 2 aromatic rings. The fraction of sp³-hybridized carbons (Fsp3) is 0.435. The Hall–Kier alpha value is -1.93. The second-order valence-electron chi connectivity index (χ2n) is 7.73. The number of piperidine rings is 1. The Balaban J connectivity index is 1.79. The maximum absolute atomic E-state index is 13.4. The first-order chi connectivity index (χ1) is 12.2. The SMILES string of the molecule is Cc1ccccc1[C@H]1N[C@@H](c2ccccc2C)[C@H]2CCCC[C@@H]1C2=O. The summed E-state index contributed by atoms with van der Waals surface area (Å²) >= 11 is 0. The lowest BCUT2D eigenvalue weighted by atomic mass is 9.73. The Bertz CT molecular complexity index is 718. The fourth-order valence-corrected chi connectivity index (χ4v) is 4.86. The molecule has 0 spiro atoms. The predicted octanol–water partition coefficient (Wildman–Crippen LogP) is 5.06. The van der Waals surface area contributed by atoms with Gasteiger partial charge in [-0.25, -0.2) is 0 Å². The van der Waals surface area contributed by atoms with E-state index >= 15 is 0 Å². The molecule has 1 aliphatic carbocycles. The normalized spacial score (nSPS) is 29.3. The van der Waals surface area contributed by atoms with Crippen LogP contribution in [0.3, 0.4) is 0 Å². The lowest BCUT2D eigenvalue weighted by Crippen LogP contribution is -2.48. The third kappa shape index (κ3) is 2.93. The minimum absolute atomic E-state index is 0.119. The molecular weight excluding hydrogens is 306 g/mol. The van der Waals surface area contributed by atoms with Crippen LogP contribution in [0.1, 0.15) is 60.0 Å². The smallest absolute Gasteiger partial charge is 0.142 e. The molecule has 2 heteroatoms. The number of benzene rings is 2. The quantitative estimate of drug-likeness (QED) is 0.832. The number of rotatable bonds is 2. The van der Waals surface area contributed by atoms with Crippen molar-refractivity contribution in [3.05, 3.63) is 70.8 Å². The molecule has 130 valence electrons. The van der Waals surface area contributed by atoms with Crippen LogP contribution in [0.15, 0.2) is 48.5 Å². The van der Waals surface area contributed by atoms with Gasteiger partial charge in [0.1, 0.15) is 5.78 Å². The monoisotopic (exact) mass is 333 g/mol. The van der Waals surface area contributed by atoms with Gasteiger partial charge >= 0.3 is 0 Å². The van der Waals surface area contributed by atoms with Crippen molar-refractivity contribution in [3.8, 4) is 0 Å². The van der Waals surface area contributed by atoms with Crippen LogP contribution in [0.4, 0.5) is 0 Å². The van der Waals surface area contributed by atoms with Crippen molar-refractivity contribution in [2.75, 3.05) is 0 Å². The highest BCUT2D eigenvalue weighted by molar-refractivity contribution is 5.86. The molecule has 1 aliphatic heterocycles. The standard InChI is InChI=1S/C23H27NO/c1-15-9-3-5-11-17(15)21-19-13-7-8-14-20(23(19)25)22(24-21)18-12-6-4-10-16(18)2/h3-6,9-12,19-22,24H,7-8,13-14H2,1-2H3/t19-,20+,21+,22-. The minimum atomic E-state index is 0.119. The number of fused-ring (bicyclic) bond motifs is 2. The summed E-state index contributed by atoms with van der Waals surface area (Å²) in [6.45, 7) is 4.32. The van der Waals surface area contributed by atoms with Crippen molar-refractivity contribution >= 4 is 5.78 Å². The zero-order valence-corrected chi connectivity index (χ0v) is 15.2. The fourth-order valence-electron chi connectivity index (χ4n) is 4.86. The highest BCUT2D eigenvalue weighted by Crippen LogP contribution is 2.45. The summed E-state index contributed by atoms with van der Waals surface area (Å²) in [5.41, 5.74) is 5.14. The maximum atomic E-state index is 13.4. The first kappa shape index (κ1) is 16.5. The van der Waals surface area contributed by atoms with Crippen LogP contribution in [-0.2, 0) is 4.79 Å². The third-order valence-electron chi connectivity index (χ3n) is 6.22. The predicted molar refractivity (Wildman–Crippen MR) is 101 cm³/mol. The van der Waals surface area contributed by atoms with Gasteiger partial charge in [-0.15, -0.1) is 0 Å². The van der Waals surface area contributed by atoms with E-state index in [0.29, 0.717) is 5.78 Å². The first-order valence-corrected chi connectivity index (χ1v) is 9.57. The molecule has 2 fully saturated rings. The number of hydrogen-bond acceptors (Lipinski definition) is 2. The van der Waals surface area contributed by atoms with Gasteiger partial charge in [-0.05, 0) is 48.9 Å². The van der Waals surface area contributed by atoms with Gasteiger partial charge in [0.25, 0.3) is 0 Å². The third-order valence-corrected chi connectivity index (χ3v) is 6.22. The van der Waals surface area contributed by atoms with Crippen molar-refractivity contribution in [1.29, 1.82) is 0 Å². The van der Waals surface area contributed by atoms with E-state index in [1.54, 1.807) is 0 Å². The van der Waals surface area contributed by atoms with Gasteiger partial charge in [0.15, 0.2) is 0 Å². The summed E-state index contributed by atoms with van der Waals surface area (Å²) in [4.78, 5) is 13.4. The van der Waals surface area contributed by atoms with Crippen LogP contribution in [0, 0.1) is 25.7 Å². The Morgan fingerprint density at radius 2 is 1.20 bits per heavy atom. The molecule has 1 saturated carbocycles. The zero-order chi connectivity index (χ0) is 17.4. The average molecular weight is 333 g/mol. The molecule has 0 aromatic heterocycles. The van der Waals surface area contributed by atoms with E-state index < -0.39 is 0 Å². The second kappa shape index (κ2) is 6.76. The molecule has 2 aliphatic rings. The molecule has 4 rings (SSSR count). The van der Waals surface area contributed by atoms with E-state index in [0.717, 1.165) is 25.7 Å². The maximum Gasteiger partial charge on any atom is 0.142 e. The van der Waals surface area contributed by atoms with Gasteiger partial charge < -0.3 is 5.32 Å². The summed E-state index contributed by atoms with van der Waals surface area (Å²) < 4.78 is 0. The molecule has 0 radical (unpaired) electrons. The molecule has 25 heavy (non-hydrogen) atoms. The van der Waals surface area contributed by atoms with E-state index in [1.807, 2.05) is 0 Å². The van der Waals surface area contributed by atoms with Crippen molar-refractivity contribution < 1.29 is 4.79 Å². The summed E-state index contributed by atoms with van der Waals surface area (Å²) in [5.74, 6) is 0.723. The molecule has 1 N–H and O–H groups in total. The molecule has 2 nitrogen and oxygen atoms in total. The molecule has 0 unspecified atom stereocenters. The minimum Gasteiger partial charge on any atom is -0.302 e. The van der Waals surface area contributed by atoms with E-state index in [2.05, 4.69) is 67.7 Å². The number of carbonyl (C=O) groups excluding carboxylic acids is 1. The number of aryl methyl sites for hydroxylation is 2. The van der Waals surface area contributed by atoms with E-state index in [1.165, 1.54) is 22.3 Å². The van der Waals surface area contributed by atoms with E-state index in [-0.39, 0.29) is 23.9 Å². The van der Waals surface area contributed by atoms with Crippen molar-refractivity contribution in [2.24, 2.45) is 11.8 Å². The zero-order valence-electron chi connectivity index (χ0n) is 15.2. The summed E-state index contributed by atoms with van der Waals surface area (Å²) in [5, 5.41) is 3.92. The van der Waals surface area contributed by atoms with Crippen LogP contribution >= 0.6 is 0 Å². The number of Topliss-reactive ketones (excluding diaryl/α,β-unsaturated/α-hetero) is 1. The lowest BCUT2D eigenvalue weighted by molar-refractivity contribution is -0.131. The van der Waals surface area contributed by atoms with Gasteiger partial charge in [-0.2, -0.15) is 0 Å². The number of carbonyl (C=O) groups is 1. The van der Waals surface area contributed by atoms with Crippen LogP contribution in [0.2, 0.25) is 0 Å².